The van der Waals surface area contributed by atoms with Gasteiger partial charge in [0.05, 0.1) is 30.1 Å². The maximum absolute atomic E-state index is 12.8. The van der Waals surface area contributed by atoms with Gasteiger partial charge in [0.15, 0.2) is 0 Å². The number of amides is 1. The van der Waals surface area contributed by atoms with Crippen LogP contribution in [0.15, 0.2) is 53.4 Å². The first-order valence-corrected chi connectivity index (χ1v) is 14.4. The standard InChI is InChI=1S/C22H28ClN3O6S2/c1-33(28,29)26(17-22(27)24-12-2-3-18-4-6-19(23)7-5-18)20-8-10-21(11-9-20)34(30,31)25-13-15-32-16-14-25/h4-11H,2-3,12-17H2,1H3,(H,24,27). The van der Waals surface area contributed by atoms with E-state index in [1.54, 1.807) is 12.1 Å². The van der Waals surface area contributed by atoms with Crippen molar-refractivity contribution in [1.82, 2.24) is 9.62 Å². The predicted molar refractivity (Wildman–Crippen MR) is 131 cm³/mol. The van der Waals surface area contributed by atoms with Gasteiger partial charge in [0.1, 0.15) is 6.54 Å². The first kappa shape index (κ1) is 26.4. The van der Waals surface area contributed by atoms with Crippen LogP contribution in [0.5, 0.6) is 0 Å². The van der Waals surface area contributed by atoms with Crippen LogP contribution in [0.3, 0.4) is 0 Å². The van der Waals surface area contributed by atoms with Gasteiger partial charge < -0.3 is 10.1 Å². The number of carbonyl (C=O) groups excluding carboxylic acids is 1. The van der Waals surface area contributed by atoms with Crippen molar-refractivity contribution in [2.45, 2.75) is 17.7 Å². The second-order valence-electron chi connectivity index (χ2n) is 7.86. The van der Waals surface area contributed by atoms with Gasteiger partial charge in [0.2, 0.25) is 26.0 Å². The van der Waals surface area contributed by atoms with Crippen molar-refractivity contribution in [2.24, 2.45) is 0 Å². The summed E-state index contributed by atoms with van der Waals surface area (Å²) in [6, 6.07) is 12.9. The second kappa shape index (κ2) is 11.5. The van der Waals surface area contributed by atoms with Crippen molar-refractivity contribution in [2.75, 3.05) is 50.0 Å². The summed E-state index contributed by atoms with van der Waals surface area (Å²) in [4.78, 5) is 12.5. The summed E-state index contributed by atoms with van der Waals surface area (Å²) >= 11 is 5.87. The van der Waals surface area contributed by atoms with E-state index < -0.39 is 32.5 Å². The van der Waals surface area contributed by atoms with E-state index >= 15 is 0 Å². The van der Waals surface area contributed by atoms with Crippen molar-refractivity contribution in [3.05, 3.63) is 59.1 Å². The smallest absolute Gasteiger partial charge is 0.243 e. The number of anilines is 1. The molecule has 0 bridgehead atoms. The van der Waals surface area contributed by atoms with Gasteiger partial charge in [-0.15, -0.1) is 0 Å². The molecule has 12 heteroatoms. The molecule has 1 fully saturated rings. The summed E-state index contributed by atoms with van der Waals surface area (Å²) in [5.41, 5.74) is 1.29. The van der Waals surface area contributed by atoms with Crippen LogP contribution in [0, 0.1) is 0 Å². The van der Waals surface area contributed by atoms with Crippen LogP contribution in [0.25, 0.3) is 0 Å². The lowest BCUT2D eigenvalue weighted by molar-refractivity contribution is -0.119. The quantitative estimate of drug-likeness (QED) is 0.470. The minimum Gasteiger partial charge on any atom is -0.379 e. The molecule has 1 aliphatic rings. The fourth-order valence-electron chi connectivity index (χ4n) is 3.48. The normalized spacial score (nSPS) is 15.1. The molecule has 0 radical (unpaired) electrons. The molecule has 1 heterocycles. The highest BCUT2D eigenvalue weighted by Gasteiger charge is 2.27. The first-order chi connectivity index (χ1) is 16.1. The average Bonchev–Trinajstić information content (AvgIpc) is 2.81. The Labute approximate surface area is 205 Å². The number of ether oxygens (including phenoxy) is 1. The fraction of sp³-hybridized carbons (Fsp3) is 0.409. The molecule has 1 N–H and O–H groups in total. The topological polar surface area (TPSA) is 113 Å². The SMILES string of the molecule is CS(=O)(=O)N(CC(=O)NCCCc1ccc(Cl)cc1)c1ccc(S(=O)(=O)N2CCOCC2)cc1. The lowest BCUT2D eigenvalue weighted by Gasteiger charge is -2.26. The predicted octanol–water partition coefficient (Wildman–Crippen LogP) is 1.88. The number of rotatable bonds is 10. The zero-order valence-electron chi connectivity index (χ0n) is 18.8. The number of nitrogens with one attached hydrogen (secondary N) is 1. The third-order valence-corrected chi connectivity index (χ3v) is 8.60. The Morgan fingerprint density at radius 2 is 1.65 bits per heavy atom. The highest BCUT2D eigenvalue weighted by Crippen LogP contribution is 2.23. The number of benzene rings is 2. The highest BCUT2D eigenvalue weighted by atomic mass is 35.5. The van der Waals surface area contributed by atoms with E-state index in [4.69, 9.17) is 16.3 Å². The molecule has 0 spiro atoms. The van der Waals surface area contributed by atoms with Crippen molar-refractivity contribution >= 4 is 43.2 Å². The van der Waals surface area contributed by atoms with Crippen molar-refractivity contribution < 1.29 is 26.4 Å². The summed E-state index contributed by atoms with van der Waals surface area (Å²) in [5, 5.41) is 3.39. The van der Waals surface area contributed by atoms with E-state index in [9.17, 15) is 21.6 Å². The molecule has 186 valence electrons. The summed E-state index contributed by atoms with van der Waals surface area (Å²) in [7, 11) is -7.48. The van der Waals surface area contributed by atoms with Crippen LogP contribution in [0.2, 0.25) is 5.02 Å². The molecule has 0 atom stereocenters. The first-order valence-electron chi connectivity index (χ1n) is 10.7. The Bertz CT molecular complexity index is 1180. The molecule has 1 aliphatic heterocycles. The van der Waals surface area contributed by atoms with E-state index in [-0.39, 0.29) is 23.7 Å². The Hall–Kier alpha value is -2.18. The van der Waals surface area contributed by atoms with E-state index in [0.717, 1.165) is 22.5 Å². The molecule has 0 aliphatic carbocycles. The van der Waals surface area contributed by atoms with E-state index in [2.05, 4.69) is 5.32 Å². The third kappa shape index (κ3) is 7.16. The van der Waals surface area contributed by atoms with Crippen LogP contribution < -0.4 is 9.62 Å². The Morgan fingerprint density at radius 3 is 2.24 bits per heavy atom. The van der Waals surface area contributed by atoms with E-state index in [1.165, 1.54) is 28.6 Å². The fourth-order valence-corrected chi connectivity index (χ4v) is 5.87. The summed E-state index contributed by atoms with van der Waals surface area (Å²) in [5.74, 6) is -0.452. The van der Waals surface area contributed by atoms with Gasteiger partial charge >= 0.3 is 0 Å². The Morgan fingerprint density at radius 1 is 1.03 bits per heavy atom. The zero-order valence-corrected chi connectivity index (χ0v) is 21.2. The number of morpholine rings is 1. The summed E-state index contributed by atoms with van der Waals surface area (Å²) in [6.07, 6.45) is 2.42. The van der Waals surface area contributed by atoms with Gasteiger partial charge in [-0.3, -0.25) is 9.10 Å². The van der Waals surface area contributed by atoms with Crippen molar-refractivity contribution in [3.8, 4) is 0 Å². The average molecular weight is 530 g/mol. The van der Waals surface area contributed by atoms with Gasteiger partial charge in [-0.2, -0.15) is 4.31 Å². The Balaban J connectivity index is 1.60. The zero-order chi connectivity index (χ0) is 24.8. The van der Waals surface area contributed by atoms with E-state index in [1.807, 2.05) is 12.1 Å². The number of halogens is 1. The molecule has 0 saturated carbocycles. The molecule has 34 heavy (non-hydrogen) atoms. The van der Waals surface area contributed by atoms with Crippen LogP contribution in [0.1, 0.15) is 12.0 Å². The minimum atomic E-state index is -3.78. The third-order valence-electron chi connectivity index (χ3n) is 5.30. The van der Waals surface area contributed by atoms with E-state index in [0.29, 0.717) is 31.2 Å². The monoisotopic (exact) mass is 529 g/mol. The molecular weight excluding hydrogens is 502 g/mol. The number of hydrogen-bond acceptors (Lipinski definition) is 6. The number of aryl methyl sites for hydroxylation is 1. The van der Waals surface area contributed by atoms with Crippen LogP contribution in [-0.4, -0.2) is 72.7 Å². The molecular formula is C22H28ClN3O6S2. The number of sulfonamides is 2. The number of carbonyl (C=O) groups is 1. The lowest BCUT2D eigenvalue weighted by Crippen LogP contribution is -2.41. The largest absolute Gasteiger partial charge is 0.379 e. The molecule has 9 nitrogen and oxygen atoms in total. The van der Waals surface area contributed by atoms with Gasteiger partial charge in [0, 0.05) is 24.7 Å². The summed E-state index contributed by atoms with van der Waals surface area (Å²) < 4.78 is 57.7. The van der Waals surface area contributed by atoms with Crippen LogP contribution in [0.4, 0.5) is 5.69 Å². The van der Waals surface area contributed by atoms with Crippen molar-refractivity contribution in [1.29, 1.82) is 0 Å². The second-order valence-corrected chi connectivity index (χ2v) is 12.1. The molecule has 0 unspecified atom stereocenters. The van der Waals surface area contributed by atoms with Crippen molar-refractivity contribution in [3.63, 3.8) is 0 Å². The van der Waals surface area contributed by atoms with Crippen LogP contribution >= 0.6 is 11.6 Å². The molecule has 1 amide bonds. The molecule has 3 rings (SSSR count). The van der Waals surface area contributed by atoms with Gasteiger partial charge in [-0.1, -0.05) is 23.7 Å². The highest BCUT2D eigenvalue weighted by molar-refractivity contribution is 7.92. The van der Waals surface area contributed by atoms with Gasteiger partial charge in [0.25, 0.3) is 0 Å². The maximum atomic E-state index is 12.8. The minimum absolute atomic E-state index is 0.0539. The number of hydrogen-bond donors (Lipinski definition) is 1. The maximum Gasteiger partial charge on any atom is 0.243 e. The molecule has 2 aromatic rings. The van der Waals surface area contributed by atoms with Gasteiger partial charge in [-0.25, -0.2) is 16.8 Å². The van der Waals surface area contributed by atoms with Crippen LogP contribution in [-0.2, 0) is 36.0 Å². The Kier molecular flexibility index (Phi) is 8.94. The lowest BCUT2D eigenvalue weighted by atomic mass is 10.1. The van der Waals surface area contributed by atoms with Gasteiger partial charge in [-0.05, 0) is 54.8 Å². The molecule has 0 aromatic heterocycles. The molecule has 2 aromatic carbocycles. The number of nitrogens with zero attached hydrogens (tertiary/aromatic N) is 2. The summed E-state index contributed by atoms with van der Waals surface area (Å²) in [6.45, 7) is 1.16. The molecule has 1 saturated heterocycles.